The SMILES string of the molecule is C1=Cc2cc3ccc(cc4ccc(cc5nc(cc1n2)C=C5)[nH]4)[nH]3.O=S(=O)(O)c1cc[c-]cc1.[Mn]. The van der Waals surface area contributed by atoms with Crippen LogP contribution >= 0.6 is 0 Å². The van der Waals surface area contributed by atoms with Crippen LogP contribution in [-0.4, -0.2) is 32.9 Å². The van der Waals surface area contributed by atoms with E-state index in [1.165, 1.54) is 24.3 Å². The Kier molecular flexibility index (Phi) is 7.14. The first-order valence-electron chi connectivity index (χ1n) is 10.4. The minimum atomic E-state index is -4.02. The van der Waals surface area contributed by atoms with E-state index in [-0.39, 0.29) is 22.0 Å². The van der Waals surface area contributed by atoms with Crippen molar-refractivity contribution in [3.63, 3.8) is 0 Å². The topological polar surface area (TPSA) is 112 Å². The van der Waals surface area contributed by atoms with E-state index in [0.29, 0.717) is 0 Å². The van der Waals surface area contributed by atoms with Gasteiger partial charge < -0.3 is 9.97 Å². The van der Waals surface area contributed by atoms with Gasteiger partial charge in [0, 0.05) is 39.1 Å². The molecule has 1 aromatic carbocycles. The molecule has 2 aliphatic rings. The van der Waals surface area contributed by atoms with Crippen LogP contribution in [0.5, 0.6) is 0 Å². The van der Waals surface area contributed by atoms with Gasteiger partial charge in [0.25, 0.3) is 10.1 Å². The van der Waals surface area contributed by atoms with Gasteiger partial charge in [0.1, 0.15) is 0 Å². The van der Waals surface area contributed by atoms with Gasteiger partial charge >= 0.3 is 0 Å². The summed E-state index contributed by atoms with van der Waals surface area (Å²) in [5.41, 5.74) is 7.86. The van der Waals surface area contributed by atoms with E-state index in [9.17, 15) is 8.42 Å². The Morgan fingerprint density at radius 1 is 0.629 bits per heavy atom. The predicted molar refractivity (Wildman–Crippen MR) is 134 cm³/mol. The molecule has 7 nitrogen and oxygen atoms in total. The van der Waals surface area contributed by atoms with Crippen molar-refractivity contribution in [1.82, 2.24) is 19.9 Å². The maximum atomic E-state index is 10.4. The number of nitrogens with one attached hydrogen (secondary N) is 2. The first kappa shape index (κ1) is 24.4. The molecule has 0 atom stereocenters. The number of aromatic amines is 2. The summed E-state index contributed by atoms with van der Waals surface area (Å²) in [4.78, 5) is 15.9. The molecule has 8 bridgehead atoms. The van der Waals surface area contributed by atoms with Crippen LogP contribution in [-0.2, 0) is 27.2 Å². The van der Waals surface area contributed by atoms with Crippen LogP contribution in [0, 0.1) is 6.07 Å². The van der Waals surface area contributed by atoms with Crippen molar-refractivity contribution >= 4 is 56.5 Å². The molecule has 0 spiro atoms. The van der Waals surface area contributed by atoms with E-state index in [0.717, 1.165) is 44.8 Å². The summed E-state index contributed by atoms with van der Waals surface area (Å²) in [5, 5.41) is 0. The predicted octanol–water partition coefficient (Wildman–Crippen LogP) is 5.39. The molecule has 35 heavy (non-hydrogen) atoms. The molecule has 0 amide bonds. The van der Waals surface area contributed by atoms with Gasteiger partial charge in [-0.1, -0.05) is 0 Å². The van der Waals surface area contributed by atoms with Crippen LogP contribution in [0.1, 0.15) is 22.8 Å². The van der Waals surface area contributed by atoms with Crippen LogP contribution in [0.4, 0.5) is 0 Å². The molecule has 5 heterocycles. The summed E-state index contributed by atoms with van der Waals surface area (Å²) in [6.45, 7) is 0. The molecule has 4 aromatic rings. The maximum absolute atomic E-state index is 10.4. The average molecular weight is 522 g/mol. The maximum Gasteiger partial charge on any atom is 0.271 e. The number of hydrogen-bond acceptors (Lipinski definition) is 4. The molecule has 0 saturated carbocycles. The van der Waals surface area contributed by atoms with Crippen LogP contribution in [0.3, 0.4) is 0 Å². The van der Waals surface area contributed by atoms with Crippen molar-refractivity contribution in [2.24, 2.45) is 0 Å². The Morgan fingerprint density at radius 2 is 1.03 bits per heavy atom. The molecule has 2 aliphatic heterocycles. The fraction of sp³-hybridized carbons (Fsp3) is 0. The monoisotopic (exact) mass is 522 g/mol. The van der Waals surface area contributed by atoms with E-state index >= 15 is 0 Å². The number of aromatic nitrogens is 4. The third-order valence-electron chi connectivity index (χ3n) is 5.03. The molecule has 9 heteroatoms. The van der Waals surface area contributed by atoms with Crippen molar-refractivity contribution < 1.29 is 30.0 Å². The van der Waals surface area contributed by atoms with Gasteiger partial charge in [-0.3, -0.25) is 4.55 Å². The van der Waals surface area contributed by atoms with Gasteiger partial charge in [-0.15, -0.1) is 12.1 Å². The number of nitrogens with zero attached hydrogens (tertiary/aromatic N) is 2. The van der Waals surface area contributed by atoms with E-state index < -0.39 is 10.1 Å². The van der Waals surface area contributed by atoms with Crippen LogP contribution in [0.15, 0.2) is 77.7 Å². The van der Waals surface area contributed by atoms with Crippen molar-refractivity contribution in [2.75, 3.05) is 0 Å². The second-order valence-corrected chi connectivity index (χ2v) is 9.04. The molecule has 175 valence electrons. The molecule has 0 aliphatic carbocycles. The van der Waals surface area contributed by atoms with Crippen molar-refractivity contribution in [3.8, 4) is 0 Å². The summed E-state index contributed by atoms with van der Waals surface area (Å²) < 4.78 is 29.2. The zero-order valence-corrected chi connectivity index (χ0v) is 20.2. The molecular weight excluding hydrogens is 503 g/mol. The van der Waals surface area contributed by atoms with Crippen LogP contribution in [0.2, 0.25) is 0 Å². The van der Waals surface area contributed by atoms with Crippen molar-refractivity contribution in [2.45, 2.75) is 4.90 Å². The Labute approximate surface area is 212 Å². The summed E-state index contributed by atoms with van der Waals surface area (Å²) in [7, 11) is -4.02. The molecule has 0 fully saturated rings. The number of fused-ring (bicyclic) bond motifs is 8. The van der Waals surface area contributed by atoms with Crippen LogP contribution < -0.4 is 0 Å². The number of hydrogen-bond donors (Lipinski definition) is 3. The fourth-order valence-electron chi connectivity index (χ4n) is 3.49. The normalized spacial score (nSPS) is 11.9. The van der Waals surface area contributed by atoms with E-state index in [2.05, 4.69) is 56.3 Å². The van der Waals surface area contributed by atoms with E-state index in [1.54, 1.807) is 0 Å². The van der Waals surface area contributed by atoms with Crippen LogP contribution in [0.25, 0.3) is 46.4 Å². The summed E-state index contributed by atoms with van der Waals surface area (Å²) in [6, 6.07) is 24.4. The Hall–Kier alpha value is -3.75. The summed E-state index contributed by atoms with van der Waals surface area (Å²) >= 11 is 0. The van der Waals surface area contributed by atoms with Gasteiger partial charge in [-0.2, -0.15) is 26.6 Å². The number of rotatable bonds is 1. The van der Waals surface area contributed by atoms with Gasteiger partial charge in [0.05, 0.1) is 22.8 Å². The molecule has 3 N–H and O–H groups in total. The molecule has 0 unspecified atom stereocenters. The third kappa shape index (κ3) is 6.23. The summed E-state index contributed by atoms with van der Waals surface area (Å²) in [6.07, 6.45) is 8.05. The van der Waals surface area contributed by atoms with Gasteiger partial charge in [0.15, 0.2) is 0 Å². The number of benzene rings is 1. The average Bonchev–Trinajstić information content (AvgIpc) is 3.60. The molecular formula is C26H19MnN4O3S-. The third-order valence-corrected chi connectivity index (χ3v) is 5.90. The van der Waals surface area contributed by atoms with E-state index in [4.69, 9.17) is 4.55 Å². The second-order valence-electron chi connectivity index (χ2n) is 7.62. The second kappa shape index (κ2) is 10.2. The Morgan fingerprint density at radius 3 is 1.43 bits per heavy atom. The molecule has 3 aromatic heterocycles. The minimum Gasteiger partial charge on any atom is -0.355 e. The first-order valence-corrected chi connectivity index (χ1v) is 11.8. The molecule has 6 rings (SSSR count). The van der Waals surface area contributed by atoms with E-state index in [1.807, 2.05) is 42.5 Å². The fourth-order valence-corrected chi connectivity index (χ4v) is 3.97. The standard InChI is InChI=1S/C20H14N4.C6H5O3S.Mn/c1-2-14-10-16-5-6-18(23-16)12-20-8-7-19(24-20)11-17-4-3-15(22-17)9-13(1)21-14;7-10(8,9)6-4-2-1-3-5-6;/h1-12,21-22H;2-5H,(H,7,8,9);/q;-1;. The van der Waals surface area contributed by atoms with Gasteiger partial charge in [0.2, 0.25) is 0 Å². The number of H-pyrrole nitrogens is 2. The summed E-state index contributed by atoms with van der Waals surface area (Å²) in [5.74, 6) is 0. The Bertz CT molecular complexity index is 1600. The quantitative estimate of drug-likeness (QED) is 0.152. The van der Waals surface area contributed by atoms with Crippen molar-refractivity contribution in [3.05, 3.63) is 102 Å². The molecule has 1 radical (unpaired) electrons. The minimum absolute atomic E-state index is 0. The largest absolute Gasteiger partial charge is 0.355 e. The smallest absolute Gasteiger partial charge is 0.271 e. The van der Waals surface area contributed by atoms with Crippen molar-refractivity contribution in [1.29, 1.82) is 0 Å². The van der Waals surface area contributed by atoms with Gasteiger partial charge in [-0.05, 0) is 77.7 Å². The molecule has 0 saturated heterocycles. The first-order chi connectivity index (χ1) is 16.4. The Balaban J connectivity index is 0.000000224. The zero-order chi connectivity index (χ0) is 23.5. The zero-order valence-electron chi connectivity index (χ0n) is 18.2. The van der Waals surface area contributed by atoms with Gasteiger partial charge in [-0.25, -0.2) is 9.97 Å².